The van der Waals surface area contributed by atoms with Gasteiger partial charge in [-0.05, 0) is 33.1 Å². The lowest BCUT2D eigenvalue weighted by atomic mass is 10.1. The van der Waals surface area contributed by atoms with Gasteiger partial charge in [0.2, 0.25) is 0 Å². The predicted molar refractivity (Wildman–Crippen MR) is 47.0 cm³/mol. The highest BCUT2D eigenvalue weighted by Crippen LogP contribution is 2.05. The third-order valence-corrected chi connectivity index (χ3v) is 1.66. The van der Waals surface area contributed by atoms with Gasteiger partial charge in [0.25, 0.3) is 0 Å². The molecule has 0 aliphatic carbocycles. The Morgan fingerprint density at radius 3 is 2.00 bits per heavy atom. The van der Waals surface area contributed by atoms with Crippen molar-refractivity contribution in [2.24, 2.45) is 9.98 Å². The van der Waals surface area contributed by atoms with Crippen LogP contribution in [0.4, 0.5) is 0 Å². The maximum atomic E-state index is 4.03. The number of aliphatic imine (C=N–C) groups is 2. The molecule has 0 heterocycles. The summed E-state index contributed by atoms with van der Waals surface area (Å²) >= 11 is 0. The highest BCUT2D eigenvalue weighted by molar-refractivity contribution is 5.98. The Morgan fingerprint density at radius 2 is 1.70 bits per heavy atom. The van der Waals surface area contributed by atoms with Crippen molar-refractivity contribution in [1.82, 2.24) is 0 Å². The Labute approximate surface area is 62.4 Å². The molecular formula is C8H14N2. The van der Waals surface area contributed by atoms with Crippen LogP contribution in [0.1, 0.15) is 20.8 Å². The van der Waals surface area contributed by atoms with Crippen LogP contribution in [0.25, 0.3) is 0 Å². The van der Waals surface area contributed by atoms with E-state index in [0.29, 0.717) is 0 Å². The van der Waals surface area contributed by atoms with E-state index in [1.165, 1.54) is 0 Å². The van der Waals surface area contributed by atoms with Crippen molar-refractivity contribution in [3.63, 3.8) is 0 Å². The lowest BCUT2D eigenvalue weighted by molar-refractivity contribution is 1.25. The molecule has 0 rings (SSSR count). The second kappa shape index (κ2) is 3.99. The summed E-state index contributed by atoms with van der Waals surface area (Å²) in [6.45, 7) is 9.32. The molecule has 0 aromatic heterocycles. The van der Waals surface area contributed by atoms with Gasteiger partial charge in [-0.3, -0.25) is 9.98 Å². The fourth-order valence-electron chi connectivity index (χ4n) is 0.548. The van der Waals surface area contributed by atoms with Crippen LogP contribution in [0.3, 0.4) is 0 Å². The summed E-state index contributed by atoms with van der Waals surface area (Å²) in [7, 11) is 1.77. The van der Waals surface area contributed by atoms with Crippen LogP contribution in [0.15, 0.2) is 21.3 Å². The second-order valence-corrected chi connectivity index (χ2v) is 2.18. The van der Waals surface area contributed by atoms with Crippen LogP contribution >= 0.6 is 0 Å². The number of rotatable bonds is 2. The monoisotopic (exact) mass is 138 g/mol. The number of hydrogen-bond acceptors (Lipinski definition) is 2. The van der Waals surface area contributed by atoms with E-state index in [0.717, 1.165) is 17.0 Å². The van der Waals surface area contributed by atoms with Crippen molar-refractivity contribution in [3.8, 4) is 0 Å². The minimum absolute atomic E-state index is 0.947. The van der Waals surface area contributed by atoms with E-state index in [1.54, 1.807) is 7.05 Å². The van der Waals surface area contributed by atoms with Gasteiger partial charge in [-0.2, -0.15) is 0 Å². The van der Waals surface area contributed by atoms with Crippen molar-refractivity contribution in [3.05, 3.63) is 11.3 Å². The third-order valence-electron chi connectivity index (χ3n) is 1.66. The Bertz CT molecular complexity index is 187. The summed E-state index contributed by atoms with van der Waals surface area (Å²) in [5.41, 5.74) is 3.07. The zero-order valence-electron chi connectivity index (χ0n) is 7.10. The molecule has 0 aromatic carbocycles. The van der Waals surface area contributed by atoms with E-state index in [-0.39, 0.29) is 0 Å². The van der Waals surface area contributed by atoms with Gasteiger partial charge in [0.1, 0.15) is 0 Å². The van der Waals surface area contributed by atoms with Gasteiger partial charge in [-0.15, -0.1) is 0 Å². The number of nitrogens with zero attached hydrogens (tertiary/aromatic N) is 2. The maximum Gasteiger partial charge on any atom is 0.0412 e. The Kier molecular flexibility index (Phi) is 3.62. The molecule has 0 atom stereocenters. The van der Waals surface area contributed by atoms with Crippen molar-refractivity contribution in [2.45, 2.75) is 20.8 Å². The minimum Gasteiger partial charge on any atom is -0.293 e. The molecule has 0 unspecified atom stereocenters. The molecule has 0 aliphatic heterocycles. The minimum atomic E-state index is 0.947. The standard InChI is InChI=1S/C8H14N2/c1-6(7(2)9-4)8(3)10-5/h4H2,1-3,5H3/b7-6+,10-8?. The smallest absolute Gasteiger partial charge is 0.0412 e. The Morgan fingerprint density at radius 1 is 1.20 bits per heavy atom. The zero-order chi connectivity index (χ0) is 8.15. The van der Waals surface area contributed by atoms with Gasteiger partial charge >= 0.3 is 0 Å². The molecule has 0 spiro atoms. The summed E-state index contributed by atoms with van der Waals surface area (Å²) in [5.74, 6) is 0. The molecule has 2 nitrogen and oxygen atoms in total. The van der Waals surface area contributed by atoms with Gasteiger partial charge in [0, 0.05) is 18.5 Å². The highest BCUT2D eigenvalue weighted by Gasteiger charge is 1.95. The molecule has 0 N–H and O–H groups in total. The fraction of sp³-hybridized carbons (Fsp3) is 0.500. The fourth-order valence-corrected chi connectivity index (χ4v) is 0.548. The van der Waals surface area contributed by atoms with E-state index < -0.39 is 0 Å². The first-order valence-corrected chi connectivity index (χ1v) is 3.21. The summed E-state index contributed by atoms with van der Waals surface area (Å²) in [4.78, 5) is 7.83. The van der Waals surface area contributed by atoms with Crippen LogP contribution < -0.4 is 0 Å². The molecule has 0 aliphatic rings. The summed E-state index contributed by atoms with van der Waals surface area (Å²) < 4.78 is 0. The van der Waals surface area contributed by atoms with Crippen molar-refractivity contribution < 1.29 is 0 Å². The SMILES string of the molecule is C=N/C(C)=C(\C)C(C)=NC. The van der Waals surface area contributed by atoms with Crippen LogP contribution in [0.5, 0.6) is 0 Å². The second-order valence-electron chi connectivity index (χ2n) is 2.18. The molecular weight excluding hydrogens is 124 g/mol. The summed E-state index contributed by atoms with van der Waals surface area (Å²) in [6, 6.07) is 0. The molecule has 56 valence electrons. The molecule has 2 heteroatoms. The van der Waals surface area contributed by atoms with Crippen LogP contribution in [-0.4, -0.2) is 19.5 Å². The molecule has 0 bridgehead atoms. The molecule has 0 aromatic rings. The van der Waals surface area contributed by atoms with Crippen molar-refractivity contribution >= 4 is 12.4 Å². The van der Waals surface area contributed by atoms with Crippen molar-refractivity contribution in [2.75, 3.05) is 7.05 Å². The summed E-state index contributed by atoms with van der Waals surface area (Å²) in [6.07, 6.45) is 0. The van der Waals surface area contributed by atoms with Gasteiger partial charge in [0.15, 0.2) is 0 Å². The average molecular weight is 138 g/mol. The maximum absolute atomic E-state index is 4.03. The molecule has 0 amide bonds. The van der Waals surface area contributed by atoms with Gasteiger partial charge in [-0.25, -0.2) is 0 Å². The molecule has 0 radical (unpaired) electrons. The van der Waals surface area contributed by atoms with E-state index in [2.05, 4.69) is 16.7 Å². The number of hydrogen-bond donors (Lipinski definition) is 0. The molecule has 0 saturated heterocycles. The first-order valence-electron chi connectivity index (χ1n) is 3.21. The molecule has 10 heavy (non-hydrogen) atoms. The Hall–Kier alpha value is -0.920. The zero-order valence-corrected chi connectivity index (χ0v) is 7.10. The van der Waals surface area contributed by atoms with E-state index in [4.69, 9.17) is 0 Å². The van der Waals surface area contributed by atoms with Gasteiger partial charge < -0.3 is 0 Å². The number of allylic oxidation sites excluding steroid dienone is 2. The average Bonchev–Trinajstić information content (AvgIpc) is 2.00. The normalized spacial score (nSPS) is 14.6. The largest absolute Gasteiger partial charge is 0.293 e. The lowest BCUT2D eigenvalue weighted by Gasteiger charge is -2.00. The van der Waals surface area contributed by atoms with Gasteiger partial charge in [0.05, 0.1) is 0 Å². The highest BCUT2D eigenvalue weighted by atomic mass is 14.7. The quantitative estimate of drug-likeness (QED) is 0.522. The van der Waals surface area contributed by atoms with E-state index >= 15 is 0 Å². The topological polar surface area (TPSA) is 24.7 Å². The first kappa shape index (κ1) is 9.08. The molecule has 0 fully saturated rings. The summed E-state index contributed by atoms with van der Waals surface area (Å²) in [5, 5.41) is 0. The van der Waals surface area contributed by atoms with E-state index in [9.17, 15) is 0 Å². The molecule has 0 saturated carbocycles. The van der Waals surface area contributed by atoms with Crippen molar-refractivity contribution in [1.29, 1.82) is 0 Å². The lowest BCUT2D eigenvalue weighted by Crippen LogP contribution is -1.94. The first-order chi connectivity index (χ1) is 4.63. The third kappa shape index (κ3) is 2.13. The van der Waals surface area contributed by atoms with Crippen LogP contribution in [0, 0.1) is 0 Å². The Balaban J connectivity index is 4.63. The van der Waals surface area contributed by atoms with Crippen LogP contribution in [-0.2, 0) is 0 Å². The van der Waals surface area contributed by atoms with Gasteiger partial charge in [-0.1, -0.05) is 0 Å². The van der Waals surface area contributed by atoms with E-state index in [1.807, 2.05) is 20.8 Å². The predicted octanol–water partition coefficient (Wildman–Crippen LogP) is 2.07. The van der Waals surface area contributed by atoms with Crippen LogP contribution in [0.2, 0.25) is 0 Å².